The zero-order valence-electron chi connectivity index (χ0n) is 20.8. The summed E-state index contributed by atoms with van der Waals surface area (Å²) in [7, 11) is 0. The van der Waals surface area contributed by atoms with Gasteiger partial charge in [-0.3, -0.25) is 0 Å². The lowest BCUT2D eigenvalue weighted by molar-refractivity contribution is 0.0683. The molecule has 6 heteroatoms. The second-order valence-corrected chi connectivity index (χ2v) is 9.50. The molecular formula is C32H28O6. The highest BCUT2D eigenvalue weighted by molar-refractivity contribution is 5.91. The Kier molecular flexibility index (Phi) is 7.13. The fourth-order valence-corrected chi connectivity index (χ4v) is 5.30. The molecule has 1 fully saturated rings. The number of hydrogen-bond donors (Lipinski definition) is 2. The summed E-state index contributed by atoms with van der Waals surface area (Å²) in [6.45, 7) is 0. The van der Waals surface area contributed by atoms with Gasteiger partial charge in [0.25, 0.3) is 0 Å². The molecule has 1 aliphatic carbocycles. The van der Waals surface area contributed by atoms with Gasteiger partial charge in [0.2, 0.25) is 0 Å². The summed E-state index contributed by atoms with van der Waals surface area (Å²) in [5.74, 6) is -0.293. The Hall–Kier alpha value is -4.58. The highest BCUT2D eigenvalue weighted by atomic mass is 16.5. The largest absolute Gasteiger partial charge is 0.478 e. The molecule has 0 aromatic heterocycles. The van der Waals surface area contributed by atoms with Gasteiger partial charge in [0.15, 0.2) is 0 Å². The van der Waals surface area contributed by atoms with Gasteiger partial charge in [-0.25, -0.2) is 9.59 Å². The van der Waals surface area contributed by atoms with Crippen molar-refractivity contribution >= 4 is 11.9 Å². The first-order chi connectivity index (χ1) is 18.5. The van der Waals surface area contributed by atoms with Gasteiger partial charge in [-0.1, -0.05) is 67.8 Å². The number of benzene rings is 4. The van der Waals surface area contributed by atoms with Crippen molar-refractivity contribution in [1.29, 1.82) is 0 Å². The minimum atomic E-state index is -1.03. The van der Waals surface area contributed by atoms with Crippen molar-refractivity contribution in [2.24, 2.45) is 0 Å². The molecule has 0 unspecified atom stereocenters. The van der Waals surface area contributed by atoms with E-state index in [1.807, 2.05) is 24.3 Å². The summed E-state index contributed by atoms with van der Waals surface area (Å²) >= 11 is 0. The maximum atomic E-state index is 11.5. The number of hydrogen-bond acceptors (Lipinski definition) is 4. The third-order valence-electron chi connectivity index (χ3n) is 7.21. The molecular weight excluding hydrogens is 480 g/mol. The summed E-state index contributed by atoms with van der Waals surface area (Å²) < 4.78 is 11.8. The predicted molar refractivity (Wildman–Crippen MR) is 144 cm³/mol. The predicted octanol–water partition coefficient (Wildman–Crippen LogP) is 7.92. The number of rotatable bonds is 8. The first kappa shape index (κ1) is 25.1. The Balaban J connectivity index is 1.40. The number of para-hydroxylation sites is 2. The summed E-state index contributed by atoms with van der Waals surface area (Å²) in [5.41, 5.74) is 2.44. The van der Waals surface area contributed by atoms with E-state index < -0.39 is 11.9 Å². The van der Waals surface area contributed by atoms with E-state index in [4.69, 9.17) is 9.47 Å². The van der Waals surface area contributed by atoms with Crippen LogP contribution in [0.25, 0.3) is 0 Å². The Bertz CT molecular complexity index is 1330. The quantitative estimate of drug-likeness (QED) is 0.251. The van der Waals surface area contributed by atoms with Crippen LogP contribution in [0.4, 0.5) is 0 Å². The monoisotopic (exact) mass is 508 g/mol. The van der Waals surface area contributed by atoms with E-state index in [-0.39, 0.29) is 16.5 Å². The Morgan fingerprint density at radius 3 is 1.34 bits per heavy atom. The standard InChI is InChI=1S/C32H28O6/c33-30(34)26-8-2-4-10-28(26)37-24-16-12-22(13-17-24)32(20-6-1-7-21-32)23-14-18-25(19-15-23)38-29-11-5-3-9-27(29)31(35)36/h2-5,8-19H,1,6-7,20-21H2,(H,33,34)(H,35,36). The number of ether oxygens (including phenoxy) is 2. The van der Waals surface area contributed by atoms with E-state index in [1.165, 1.54) is 29.7 Å². The van der Waals surface area contributed by atoms with Gasteiger partial charge < -0.3 is 19.7 Å². The Morgan fingerprint density at radius 2 is 0.947 bits per heavy atom. The molecule has 5 rings (SSSR count). The molecule has 1 aliphatic rings. The van der Waals surface area contributed by atoms with Crippen molar-refractivity contribution < 1.29 is 29.3 Å². The van der Waals surface area contributed by atoms with Gasteiger partial charge in [0, 0.05) is 5.41 Å². The van der Waals surface area contributed by atoms with E-state index in [1.54, 1.807) is 36.4 Å². The van der Waals surface area contributed by atoms with Gasteiger partial charge in [0.1, 0.15) is 34.1 Å². The van der Waals surface area contributed by atoms with E-state index in [2.05, 4.69) is 24.3 Å². The molecule has 0 spiro atoms. The molecule has 0 saturated heterocycles. The Labute approximate surface area is 221 Å². The molecule has 0 heterocycles. The normalized spacial score (nSPS) is 14.4. The summed E-state index contributed by atoms with van der Waals surface area (Å²) in [4.78, 5) is 23.1. The molecule has 0 bridgehead atoms. The molecule has 192 valence electrons. The minimum absolute atomic E-state index is 0.119. The maximum Gasteiger partial charge on any atom is 0.339 e. The molecule has 0 atom stereocenters. The smallest absolute Gasteiger partial charge is 0.339 e. The third kappa shape index (κ3) is 5.11. The molecule has 0 aliphatic heterocycles. The molecule has 0 radical (unpaired) electrons. The molecule has 6 nitrogen and oxygen atoms in total. The van der Waals surface area contributed by atoms with Crippen molar-refractivity contribution in [3.05, 3.63) is 119 Å². The van der Waals surface area contributed by atoms with Crippen LogP contribution >= 0.6 is 0 Å². The molecule has 1 saturated carbocycles. The summed E-state index contributed by atoms with van der Waals surface area (Å²) in [5, 5.41) is 18.9. The van der Waals surface area contributed by atoms with E-state index in [9.17, 15) is 19.8 Å². The number of carboxylic acids is 2. The third-order valence-corrected chi connectivity index (χ3v) is 7.21. The maximum absolute atomic E-state index is 11.5. The first-order valence-corrected chi connectivity index (χ1v) is 12.7. The number of aromatic carboxylic acids is 2. The number of carbonyl (C=O) groups is 2. The van der Waals surface area contributed by atoms with Crippen LogP contribution < -0.4 is 9.47 Å². The van der Waals surface area contributed by atoms with Crippen LogP contribution in [-0.4, -0.2) is 22.2 Å². The average Bonchev–Trinajstić information content (AvgIpc) is 2.94. The average molecular weight is 509 g/mol. The van der Waals surface area contributed by atoms with Crippen LogP contribution in [0, 0.1) is 0 Å². The highest BCUT2D eigenvalue weighted by Gasteiger charge is 2.35. The van der Waals surface area contributed by atoms with Crippen LogP contribution in [-0.2, 0) is 5.41 Å². The lowest BCUT2D eigenvalue weighted by atomic mass is 9.65. The molecule has 4 aromatic carbocycles. The fourth-order valence-electron chi connectivity index (χ4n) is 5.30. The van der Waals surface area contributed by atoms with Crippen LogP contribution in [0.1, 0.15) is 63.9 Å². The van der Waals surface area contributed by atoms with Crippen molar-refractivity contribution in [1.82, 2.24) is 0 Å². The van der Waals surface area contributed by atoms with Crippen LogP contribution in [0.15, 0.2) is 97.1 Å². The van der Waals surface area contributed by atoms with E-state index in [0.717, 1.165) is 25.7 Å². The highest BCUT2D eigenvalue weighted by Crippen LogP contribution is 2.46. The van der Waals surface area contributed by atoms with Gasteiger partial charge in [-0.15, -0.1) is 0 Å². The zero-order valence-corrected chi connectivity index (χ0v) is 20.8. The second kappa shape index (κ2) is 10.8. The van der Waals surface area contributed by atoms with Crippen molar-refractivity contribution in [2.75, 3.05) is 0 Å². The second-order valence-electron chi connectivity index (χ2n) is 9.50. The van der Waals surface area contributed by atoms with Crippen LogP contribution in [0.2, 0.25) is 0 Å². The molecule has 2 N–H and O–H groups in total. The topological polar surface area (TPSA) is 93.1 Å². The number of carboxylic acid groups (broad SMARTS) is 2. The lowest BCUT2D eigenvalue weighted by Gasteiger charge is -2.38. The van der Waals surface area contributed by atoms with E-state index in [0.29, 0.717) is 23.0 Å². The zero-order chi connectivity index (χ0) is 26.5. The molecule has 0 amide bonds. The van der Waals surface area contributed by atoms with Crippen LogP contribution in [0.5, 0.6) is 23.0 Å². The van der Waals surface area contributed by atoms with E-state index >= 15 is 0 Å². The van der Waals surface area contributed by atoms with Crippen molar-refractivity contribution in [2.45, 2.75) is 37.5 Å². The van der Waals surface area contributed by atoms with Crippen molar-refractivity contribution in [3.63, 3.8) is 0 Å². The van der Waals surface area contributed by atoms with Gasteiger partial charge >= 0.3 is 11.9 Å². The Morgan fingerprint density at radius 1 is 0.553 bits per heavy atom. The fraction of sp³-hybridized carbons (Fsp3) is 0.188. The van der Waals surface area contributed by atoms with Gasteiger partial charge in [-0.2, -0.15) is 0 Å². The first-order valence-electron chi connectivity index (χ1n) is 12.7. The van der Waals surface area contributed by atoms with Crippen molar-refractivity contribution in [3.8, 4) is 23.0 Å². The van der Waals surface area contributed by atoms with Crippen LogP contribution in [0.3, 0.4) is 0 Å². The molecule has 4 aromatic rings. The van der Waals surface area contributed by atoms with Gasteiger partial charge in [0.05, 0.1) is 0 Å². The molecule has 38 heavy (non-hydrogen) atoms. The SMILES string of the molecule is O=C(O)c1ccccc1Oc1ccc(C2(c3ccc(Oc4ccccc4C(=O)O)cc3)CCCCC2)cc1. The summed E-state index contributed by atoms with van der Waals surface area (Å²) in [6, 6.07) is 29.0. The minimum Gasteiger partial charge on any atom is -0.478 e. The summed E-state index contributed by atoms with van der Waals surface area (Å²) in [6.07, 6.45) is 5.46. The van der Waals surface area contributed by atoms with Gasteiger partial charge in [-0.05, 0) is 72.5 Å². The lowest BCUT2D eigenvalue weighted by Crippen LogP contribution is -2.30.